The van der Waals surface area contributed by atoms with Crippen LogP contribution >= 0.6 is 0 Å². The summed E-state index contributed by atoms with van der Waals surface area (Å²) in [4.78, 5) is 16.2. The maximum Gasteiger partial charge on any atom is 0.315 e. The topological polar surface area (TPSA) is 49.8 Å². The lowest BCUT2D eigenvalue weighted by molar-refractivity contribution is -0.186. The molecule has 12 atom stereocenters. The smallest absolute Gasteiger partial charge is 0.315 e. The maximum atomic E-state index is 13.1. The molecule has 190 valence electrons. The Labute approximate surface area is 206 Å². The second kappa shape index (κ2) is 6.63. The fourth-order valence-corrected chi connectivity index (χ4v) is 12.5. The quantitative estimate of drug-likeness (QED) is 0.547. The molecule has 0 amide bonds. The van der Waals surface area contributed by atoms with Crippen molar-refractivity contribution < 1.29 is 14.6 Å². The lowest BCUT2D eigenvalue weighted by Crippen LogP contribution is -2.68. The van der Waals surface area contributed by atoms with Crippen LogP contribution in [0.15, 0.2) is 0 Å². The Morgan fingerprint density at radius 2 is 1.85 bits per heavy atom. The fourth-order valence-electron chi connectivity index (χ4n) is 12.5. The number of hydrogen-bond acceptors (Lipinski definition) is 4. The normalized spacial score (nSPS) is 61.1. The summed E-state index contributed by atoms with van der Waals surface area (Å²) in [6, 6.07) is 0.719. The number of aliphatic hydroxyl groups excluding tert-OH is 1. The second-order valence-electron chi connectivity index (χ2n) is 14.9. The van der Waals surface area contributed by atoms with Crippen molar-refractivity contribution in [2.75, 3.05) is 6.54 Å². The molecule has 3 aliphatic carbocycles. The number of nitrogens with zero attached hydrogens (tertiary/aromatic N) is 1. The van der Waals surface area contributed by atoms with E-state index >= 15 is 0 Å². The molecule has 4 saturated heterocycles. The van der Waals surface area contributed by atoms with Crippen LogP contribution in [0.5, 0.6) is 0 Å². The van der Waals surface area contributed by atoms with Gasteiger partial charge in [0.1, 0.15) is 5.60 Å². The van der Waals surface area contributed by atoms with E-state index in [0.717, 1.165) is 42.6 Å². The van der Waals surface area contributed by atoms with Gasteiger partial charge in [0.05, 0.1) is 11.5 Å². The van der Waals surface area contributed by atoms with E-state index in [-0.39, 0.29) is 11.9 Å². The van der Waals surface area contributed by atoms with Crippen LogP contribution in [-0.4, -0.2) is 45.8 Å². The molecule has 1 spiro atoms. The molecule has 0 aromatic rings. The molecule has 3 saturated carbocycles. The summed E-state index contributed by atoms with van der Waals surface area (Å²) in [5.74, 6) is 3.20. The number of fused-ring (bicyclic) bond motifs is 4. The molecule has 4 heterocycles. The molecule has 7 rings (SSSR count). The van der Waals surface area contributed by atoms with E-state index in [2.05, 4.69) is 32.6 Å². The summed E-state index contributed by atoms with van der Waals surface area (Å²) in [5.41, 5.74) is 0.131. The van der Waals surface area contributed by atoms with E-state index in [1.165, 1.54) is 57.9 Å². The van der Waals surface area contributed by atoms with Crippen LogP contribution in [0.1, 0.15) is 105 Å². The molecule has 34 heavy (non-hydrogen) atoms. The first-order valence-electron chi connectivity index (χ1n) is 14.7. The van der Waals surface area contributed by atoms with Crippen LogP contribution < -0.4 is 0 Å². The molecule has 1 N–H and O–H groups in total. The summed E-state index contributed by atoms with van der Waals surface area (Å²) in [6.45, 7) is 13.2. The van der Waals surface area contributed by atoms with Crippen molar-refractivity contribution in [3.63, 3.8) is 0 Å². The molecule has 0 aromatic heterocycles. The third-order valence-electron chi connectivity index (χ3n) is 14.1. The van der Waals surface area contributed by atoms with Gasteiger partial charge in [0.15, 0.2) is 0 Å². The summed E-state index contributed by atoms with van der Waals surface area (Å²) >= 11 is 0. The van der Waals surface area contributed by atoms with Gasteiger partial charge in [0.25, 0.3) is 0 Å². The highest BCUT2D eigenvalue weighted by molar-refractivity contribution is 5.81. The van der Waals surface area contributed by atoms with Crippen molar-refractivity contribution in [2.45, 2.75) is 129 Å². The molecular formula is C30H47NO3. The Hall–Kier alpha value is -0.610. The number of carbonyl (C=O) groups is 1. The SMILES string of the molecule is CC(C)C1CCC2(C)C3CC[C@]45CCC[C@H]4C2(CCC2C4(C)CCC(O)C2(C)C(=O)O4)C1N5C3. The molecular weight excluding hydrogens is 422 g/mol. The third-order valence-corrected chi connectivity index (χ3v) is 14.1. The van der Waals surface area contributed by atoms with Crippen LogP contribution in [0, 0.1) is 45.8 Å². The Morgan fingerprint density at radius 1 is 1.06 bits per heavy atom. The predicted octanol–water partition coefficient (Wildman–Crippen LogP) is 5.56. The van der Waals surface area contributed by atoms with Crippen LogP contribution in [0.25, 0.3) is 0 Å². The van der Waals surface area contributed by atoms with E-state index in [0.29, 0.717) is 22.8 Å². The zero-order chi connectivity index (χ0) is 23.9. The molecule has 4 heteroatoms. The van der Waals surface area contributed by atoms with Gasteiger partial charge < -0.3 is 9.84 Å². The Bertz CT molecular complexity index is 919. The second-order valence-corrected chi connectivity index (χ2v) is 14.9. The minimum Gasteiger partial charge on any atom is -0.459 e. The first-order chi connectivity index (χ1) is 16.0. The van der Waals surface area contributed by atoms with Crippen molar-refractivity contribution in [3.05, 3.63) is 0 Å². The minimum atomic E-state index is -0.726. The zero-order valence-corrected chi connectivity index (χ0v) is 22.2. The van der Waals surface area contributed by atoms with Gasteiger partial charge in [-0.15, -0.1) is 0 Å². The highest BCUT2D eigenvalue weighted by atomic mass is 16.6. The lowest BCUT2D eigenvalue weighted by atomic mass is 9.41. The number of hydrogen-bond donors (Lipinski definition) is 1. The summed E-state index contributed by atoms with van der Waals surface area (Å²) in [6.07, 6.45) is 13.1. The number of ether oxygens (including phenoxy) is 1. The van der Waals surface area contributed by atoms with Crippen LogP contribution in [0.3, 0.4) is 0 Å². The predicted molar refractivity (Wildman–Crippen MR) is 132 cm³/mol. The Morgan fingerprint density at radius 3 is 2.62 bits per heavy atom. The number of aliphatic hydroxyl groups is 1. The monoisotopic (exact) mass is 469 g/mol. The first-order valence-corrected chi connectivity index (χ1v) is 14.7. The highest BCUT2D eigenvalue weighted by Crippen LogP contribution is 2.79. The maximum absolute atomic E-state index is 13.1. The molecule has 10 unspecified atom stereocenters. The average molecular weight is 470 g/mol. The molecule has 4 aliphatic heterocycles. The highest BCUT2D eigenvalue weighted by Gasteiger charge is 2.80. The van der Waals surface area contributed by atoms with Crippen molar-refractivity contribution in [3.8, 4) is 0 Å². The molecule has 0 radical (unpaired) electrons. The summed E-state index contributed by atoms with van der Waals surface area (Å²) in [7, 11) is 0. The fraction of sp³-hybridized carbons (Fsp3) is 0.967. The molecule has 0 aromatic carbocycles. The van der Waals surface area contributed by atoms with Gasteiger partial charge in [-0.25, -0.2) is 0 Å². The van der Waals surface area contributed by atoms with Crippen LogP contribution in [0.2, 0.25) is 0 Å². The van der Waals surface area contributed by atoms with Crippen LogP contribution in [-0.2, 0) is 9.53 Å². The third kappa shape index (κ3) is 2.22. The van der Waals surface area contributed by atoms with E-state index in [1.54, 1.807) is 0 Å². The van der Waals surface area contributed by atoms with Gasteiger partial charge in [-0.05, 0) is 113 Å². The average Bonchev–Trinajstić information content (AvgIpc) is 3.31. The summed E-state index contributed by atoms with van der Waals surface area (Å²) < 4.78 is 6.08. The van der Waals surface area contributed by atoms with E-state index in [1.807, 2.05) is 6.92 Å². The van der Waals surface area contributed by atoms with Gasteiger partial charge in [-0.2, -0.15) is 0 Å². The number of carbonyl (C=O) groups excluding carboxylic acids is 1. The van der Waals surface area contributed by atoms with Crippen molar-refractivity contribution >= 4 is 5.97 Å². The van der Waals surface area contributed by atoms with Crippen molar-refractivity contribution in [1.82, 2.24) is 4.90 Å². The lowest BCUT2D eigenvalue weighted by Gasteiger charge is -2.67. The zero-order valence-electron chi connectivity index (χ0n) is 22.2. The molecule has 7 aliphatic rings. The number of piperidine rings is 2. The van der Waals surface area contributed by atoms with Crippen molar-refractivity contribution in [1.29, 1.82) is 0 Å². The van der Waals surface area contributed by atoms with Gasteiger partial charge in [-0.1, -0.05) is 27.2 Å². The largest absolute Gasteiger partial charge is 0.459 e. The van der Waals surface area contributed by atoms with E-state index in [9.17, 15) is 9.90 Å². The van der Waals surface area contributed by atoms with E-state index in [4.69, 9.17) is 4.74 Å². The van der Waals surface area contributed by atoms with Crippen LogP contribution in [0.4, 0.5) is 0 Å². The molecule has 4 nitrogen and oxygen atoms in total. The van der Waals surface area contributed by atoms with E-state index < -0.39 is 17.1 Å². The number of rotatable bonds is 4. The Kier molecular flexibility index (Phi) is 4.40. The first kappa shape index (κ1) is 22.6. The molecule has 7 bridgehead atoms. The van der Waals surface area contributed by atoms with Gasteiger partial charge in [0, 0.05) is 24.0 Å². The number of esters is 1. The van der Waals surface area contributed by atoms with Gasteiger partial charge in [-0.3, -0.25) is 9.69 Å². The van der Waals surface area contributed by atoms with Crippen molar-refractivity contribution in [2.24, 2.45) is 45.8 Å². The van der Waals surface area contributed by atoms with Gasteiger partial charge >= 0.3 is 5.97 Å². The molecule has 7 fully saturated rings. The van der Waals surface area contributed by atoms with Gasteiger partial charge in [0.2, 0.25) is 0 Å². The minimum absolute atomic E-state index is 0.136. The summed E-state index contributed by atoms with van der Waals surface area (Å²) in [5, 5.41) is 11.0. The Balaban J connectivity index is 1.34. The standard InChI is InChI=1S/C30H47NO3/c1-18(2)20-9-13-26(3)19-8-15-29-12-6-7-22(29)30(26,24(20)31(29)17-19)16-10-21-27(4)14-11-23(32)28(21,5)25(33)34-27/h18-24,32H,6-17H2,1-5H3/t19?,20?,21?,22-,23?,24?,26?,27?,28?,29-,30?/m1/s1.